The molecule has 1 aromatic carbocycles. The van der Waals surface area contributed by atoms with Crippen molar-refractivity contribution in [3.63, 3.8) is 0 Å². The van der Waals surface area contributed by atoms with Crippen molar-refractivity contribution < 1.29 is 22.7 Å². The molecule has 0 saturated carbocycles. The van der Waals surface area contributed by atoms with Crippen LogP contribution in [0, 0.1) is 0 Å². The number of carbonyl (C=O) groups is 2. The van der Waals surface area contributed by atoms with E-state index in [0.717, 1.165) is 11.3 Å². The van der Waals surface area contributed by atoms with E-state index in [0.29, 0.717) is 21.8 Å². The smallest absolute Gasteiger partial charge is 0.306 e. The van der Waals surface area contributed by atoms with Gasteiger partial charge in [-0.1, -0.05) is 30.3 Å². The molecular weight excluding hydrogens is 406 g/mol. The third-order valence-electron chi connectivity index (χ3n) is 3.70. The zero-order chi connectivity index (χ0) is 19.4. The second kappa shape index (κ2) is 8.20. The highest BCUT2D eigenvalue weighted by atomic mass is 32.2. The van der Waals surface area contributed by atoms with Crippen LogP contribution in [0.2, 0.25) is 0 Å². The van der Waals surface area contributed by atoms with Crippen LogP contribution in [0.4, 0.5) is 0 Å². The standard InChI is InChI=1S/C18H15NO5S3/c1-24-16(20)8-10-25-15-11-14(12-5-2-3-6-13(12)18(15)21)19-27(22,23)17-7-4-9-26-17/h2-7,9,11H,8,10H2,1H3/b19-14-. The van der Waals surface area contributed by atoms with Crippen LogP contribution in [0.3, 0.4) is 0 Å². The van der Waals surface area contributed by atoms with Crippen molar-refractivity contribution in [2.24, 2.45) is 4.40 Å². The van der Waals surface area contributed by atoms with E-state index in [1.165, 1.54) is 31.0 Å². The van der Waals surface area contributed by atoms with E-state index in [1.54, 1.807) is 35.7 Å². The molecule has 2 aromatic rings. The third-order valence-corrected chi connectivity index (χ3v) is 7.38. The van der Waals surface area contributed by atoms with Gasteiger partial charge in [0.15, 0.2) is 5.78 Å². The maximum Gasteiger partial charge on any atom is 0.306 e. The van der Waals surface area contributed by atoms with Crippen molar-refractivity contribution in [3.8, 4) is 0 Å². The molecule has 1 aliphatic carbocycles. The average molecular weight is 422 g/mol. The zero-order valence-electron chi connectivity index (χ0n) is 14.2. The van der Waals surface area contributed by atoms with Crippen molar-refractivity contribution in [1.29, 1.82) is 0 Å². The van der Waals surface area contributed by atoms with E-state index in [9.17, 15) is 18.0 Å². The van der Waals surface area contributed by atoms with Crippen LogP contribution in [-0.2, 0) is 19.6 Å². The fourth-order valence-corrected chi connectivity index (χ4v) is 5.31. The summed E-state index contributed by atoms with van der Waals surface area (Å²) in [6.45, 7) is 0. The highest BCUT2D eigenvalue weighted by Gasteiger charge is 2.26. The summed E-state index contributed by atoms with van der Waals surface area (Å²) in [6, 6.07) is 9.87. The first-order chi connectivity index (χ1) is 12.9. The van der Waals surface area contributed by atoms with E-state index < -0.39 is 10.0 Å². The van der Waals surface area contributed by atoms with Crippen LogP contribution in [-0.4, -0.2) is 38.7 Å². The summed E-state index contributed by atoms with van der Waals surface area (Å²) in [7, 11) is -2.57. The first kappa shape index (κ1) is 19.5. The Morgan fingerprint density at radius 2 is 1.93 bits per heavy atom. The van der Waals surface area contributed by atoms with Gasteiger partial charge in [0.25, 0.3) is 10.0 Å². The number of fused-ring (bicyclic) bond motifs is 1. The molecule has 1 aromatic heterocycles. The van der Waals surface area contributed by atoms with Gasteiger partial charge < -0.3 is 4.74 Å². The Balaban J connectivity index is 1.98. The van der Waals surface area contributed by atoms with Crippen molar-refractivity contribution in [1.82, 2.24) is 0 Å². The number of methoxy groups -OCH3 is 1. The van der Waals surface area contributed by atoms with Gasteiger partial charge in [-0.25, -0.2) is 0 Å². The zero-order valence-corrected chi connectivity index (χ0v) is 16.7. The quantitative estimate of drug-likeness (QED) is 0.665. The van der Waals surface area contributed by atoms with Crippen molar-refractivity contribution >= 4 is 50.6 Å². The van der Waals surface area contributed by atoms with Crippen LogP contribution in [0.15, 0.2) is 61.4 Å². The number of sulfonamides is 1. The van der Waals surface area contributed by atoms with Crippen molar-refractivity contribution in [3.05, 3.63) is 63.9 Å². The fraction of sp³-hybridized carbons (Fsp3) is 0.167. The monoisotopic (exact) mass is 421 g/mol. The predicted octanol–water partition coefficient (Wildman–Crippen LogP) is 3.30. The molecule has 0 radical (unpaired) electrons. The fourth-order valence-electron chi connectivity index (χ4n) is 2.42. The van der Waals surface area contributed by atoms with E-state index >= 15 is 0 Å². The molecule has 1 aliphatic rings. The minimum Gasteiger partial charge on any atom is -0.469 e. The first-order valence-electron chi connectivity index (χ1n) is 7.86. The Kier molecular flexibility index (Phi) is 5.93. The predicted molar refractivity (Wildman–Crippen MR) is 106 cm³/mol. The highest BCUT2D eigenvalue weighted by Crippen LogP contribution is 2.30. The minimum atomic E-state index is -3.87. The van der Waals surface area contributed by atoms with Crippen LogP contribution >= 0.6 is 23.1 Å². The molecule has 6 nitrogen and oxygen atoms in total. The normalized spacial score (nSPS) is 15.4. The molecule has 1 heterocycles. The minimum absolute atomic E-state index is 0.137. The van der Waals surface area contributed by atoms with Gasteiger partial charge in [-0.15, -0.1) is 23.1 Å². The number of ether oxygens (including phenoxy) is 1. The number of benzene rings is 1. The number of Topliss-reactive ketones (excluding diaryl/α,β-unsaturated/α-hetero) is 1. The lowest BCUT2D eigenvalue weighted by Crippen LogP contribution is -2.17. The summed E-state index contributed by atoms with van der Waals surface area (Å²) in [5, 5.41) is 1.66. The SMILES string of the molecule is COC(=O)CCSC1=C/C(=N/S(=O)(=O)c2cccs2)c2ccccc2C1=O. The first-order valence-corrected chi connectivity index (χ1v) is 11.2. The molecule has 3 rings (SSSR count). The van der Waals surface area contributed by atoms with Gasteiger partial charge in [0.2, 0.25) is 0 Å². The molecule has 0 atom stereocenters. The van der Waals surface area contributed by atoms with Gasteiger partial charge in [-0.3, -0.25) is 9.59 Å². The lowest BCUT2D eigenvalue weighted by Gasteiger charge is -2.16. The molecule has 0 unspecified atom stereocenters. The lowest BCUT2D eigenvalue weighted by atomic mass is 9.94. The molecular formula is C18H15NO5S3. The molecule has 140 valence electrons. The van der Waals surface area contributed by atoms with Gasteiger partial charge in [-0.05, 0) is 17.5 Å². The molecule has 0 N–H and O–H groups in total. The number of thioether (sulfide) groups is 1. The molecule has 0 saturated heterocycles. The number of ketones is 1. The summed E-state index contributed by atoms with van der Waals surface area (Å²) in [4.78, 5) is 24.3. The van der Waals surface area contributed by atoms with Crippen LogP contribution in [0.1, 0.15) is 22.3 Å². The summed E-state index contributed by atoms with van der Waals surface area (Å²) in [5.74, 6) is -0.244. The highest BCUT2D eigenvalue weighted by molar-refractivity contribution is 8.04. The topological polar surface area (TPSA) is 89.9 Å². The van der Waals surface area contributed by atoms with E-state index in [2.05, 4.69) is 9.13 Å². The summed E-state index contributed by atoms with van der Waals surface area (Å²) < 4.78 is 33.8. The van der Waals surface area contributed by atoms with Crippen LogP contribution in [0.5, 0.6) is 0 Å². The molecule has 0 bridgehead atoms. The van der Waals surface area contributed by atoms with E-state index in [1.807, 2.05) is 0 Å². The van der Waals surface area contributed by atoms with Crippen molar-refractivity contribution in [2.45, 2.75) is 10.6 Å². The Bertz CT molecular complexity index is 1040. The van der Waals surface area contributed by atoms with E-state index in [4.69, 9.17) is 0 Å². The Morgan fingerprint density at radius 1 is 1.19 bits per heavy atom. The van der Waals surface area contributed by atoms with E-state index in [-0.39, 0.29) is 28.1 Å². The number of rotatable bonds is 6. The molecule has 0 fully saturated rings. The molecule has 0 aliphatic heterocycles. The van der Waals surface area contributed by atoms with Crippen molar-refractivity contribution in [2.75, 3.05) is 12.9 Å². The number of hydrogen-bond donors (Lipinski definition) is 0. The van der Waals surface area contributed by atoms with Gasteiger partial charge in [-0.2, -0.15) is 12.8 Å². The molecule has 9 heteroatoms. The van der Waals surface area contributed by atoms with Gasteiger partial charge in [0, 0.05) is 16.9 Å². The number of allylic oxidation sites excluding steroid dienone is 2. The maximum absolute atomic E-state index is 12.7. The van der Waals surface area contributed by atoms with Gasteiger partial charge in [0.1, 0.15) is 4.21 Å². The summed E-state index contributed by atoms with van der Waals surface area (Å²) >= 11 is 2.26. The number of hydrogen-bond acceptors (Lipinski definition) is 7. The molecule has 0 spiro atoms. The Hall–Kier alpha value is -2.23. The summed E-state index contributed by atoms with van der Waals surface area (Å²) in [6.07, 6.45) is 1.62. The third kappa shape index (κ3) is 4.37. The molecule has 0 amide bonds. The Morgan fingerprint density at radius 3 is 2.59 bits per heavy atom. The average Bonchev–Trinajstić information content (AvgIpc) is 3.20. The van der Waals surface area contributed by atoms with Gasteiger partial charge in [0.05, 0.1) is 24.1 Å². The number of thiophene rings is 1. The number of esters is 1. The number of carbonyl (C=O) groups excluding carboxylic acids is 2. The van der Waals surface area contributed by atoms with Crippen LogP contribution < -0.4 is 0 Å². The second-order valence-electron chi connectivity index (χ2n) is 5.44. The molecule has 27 heavy (non-hydrogen) atoms. The lowest BCUT2D eigenvalue weighted by molar-refractivity contribution is -0.140. The second-order valence-corrected chi connectivity index (χ2v) is 9.36. The summed E-state index contributed by atoms with van der Waals surface area (Å²) in [5.41, 5.74) is 1.07. The Labute approximate surface area is 165 Å². The van der Waals surface area contributed by atoms with Gasteiger partial charge >= 0.3 is 5.97 Å². The maximum atomic E-state index is 12.7. The van der Waals surface area contributed by atoms with Crippen LogP contribution in [0.25, 0.3) is 0 Å². The largest absolute Gasteiger partial charge is 0.469 e. The number of nitrogens with zero attached hydrogens (tertiary/aromatic N) is 1.